The van der Waals surface area contributed by atoms with Crippen LogP contribution in [0.2, 0.25) is 0 Å². The van der Waals surface area contributed by atoms with Crippen LogP contribution in [0.3, 0.4) is 0 Å². The Morgan fingerprint density at radius 2 is 2.00 bits per heavy atom. The lowest BCUT2D eigenvalue weighted by Crippen LogP contribution is -2.42. The fourth-order valence-electron chi connectivity index (χ4n) is 2.29. The molecule has 1 atom stereocenters. The first kappa shape index (κ1) is 12.8. The topological polar surface area (TPSA) is 20.3 Å². The minimum Gasteiger partial charge on any atom is -0.311 e. The zero-order valence-corrected chi connectivity index (χ0v) is 12.1. The predicted molar refractivity (Wildman–Crippen MR) is 82.0 cm³/mol. The van der Waals surface area contributed by atoms with Crippen LogP contribution in [0.4, 0.5) is 5.69 Å². The molecule has 98 valence electrons. The number of hydrogen-bond acceptors (Lipinski definition) is 3. The second kappa shape index (κ2) is 5.80. The van der Waals surface area contributed by atoms with Gasteiger partial charge in [-0.2, -0.15) is 0 Å². The van der Waals surface area contributed by atoms with E-state index < -0.39 is 0 Å². The van der Waals surface area contributed by atoms with Crippen LogP contribution in [0, 0.1) is 0 Å². The summed E-state index contributed by atoms with van der Waals surface area (Å²) in [5.41, 5.74) is 1.02. The van der Waals surface area contributed by atoms with Crippen molar-refractivity contribution in [3.05, 3.63) is 47.8 Å². The van der Waals surface area contributed by atoms with E-state index in [1.54, 1.807) is 23.1 Å². The lowest BCUT2D eigenvalue weighted by molar-refractivity contribution is -0.119. The van der Waals surface area contributed by atoms with Crippen molar-refractivity contribution in [2.45, 2.75) is 22.3 Å². The Balaban J connectivity index is 1.76. The number of amides is 1. The lowest BCUT2D eigenvalue weighted by Gasteiger charge is -2.31. The summed E-state index contributed by atoms with van der Waals surface area (Å²) in [7, 11) is 0. The van der Waals surface area contributed by atoms with Crippen LogP contribution < -0.4 is 4.90 Å². The quantitative estimate of drug-likeness (QED) is 0.850. The molecule has 2 aromatic rings. The number of benzene rings is 1. The minimum atomic E-state index is 0.0626. The first-order chi connectivity index (χ1) is 9.34. The fourth-order valence-corrected chi connectivity index (χ4v) is 4.42. The summed E-state index contributed by atoms with van der Waals surface area (Å²) in [6.45, 7) is 0.838. The van der Waals surface area contributed by atoms with Crippen LogP contribution in [0.1, 0.15) is 12.8 Å². The second-order valence-electron chi connectivity index (χ2n) is 4.51. The molecule has 0 saturated carbocycles. The molecular formula is C15H15NOS2. The standard InChI is InChI=1S/C15H15NOS2/c17-15-13(19-14-9-5-11-18-14)8-4-10-16(15)12-6-2-1-3-7-12/h1-3,5-7,9,11,13H,4,8,10H2. The first-order valence-corrected chi connectivity index (χ1v) is 8.17. The molecule has 1 aliphatic heterocycles. The Morgan fingerprint density at radius 1 is 1.16 bits per heavy atom. The molecule has 1 saturated heterocycles. The average molecular weight is 289 g/mol. The number of rotatable bonds is 3. The van der Waals surface area contributed by atoms with Gasteiger partial charge in [-0.25, -0.2) is 0 Å². The summed E-state index contributed by atoms with van der Waals surface area (Å²) in [6.07, 6.45) is 2.05. The maximum atomic E-state index is 12.6. The second-order valence-corrected chi connectivity index (χ2v) is 6.96. The summed E-state index contributed by atoms with van der Waals surface area (Å²) in [6, 6.07) is 14.1. The molecule has 0 N–H and O–H groups in total. The maximum absolute atomic E-state index is 12.6. The minimum absolute atomic E-state index is 0.0626. The van der Waals surface area contributed by atoms with E-state index in [9.17, 15) is 4.79 Å². The number of para-hydroxylation sites is 1. The number of thiophene rings is 1. The van der Waals surface area contributed by atoms with Crippen molar-refractivity contribution >= 4 is 34.7 Å². The van der Waals surface area contributed by atoms with Gasteiger partial charge in [-0.1, -0.05) is 24.3 Å². The third kappa shape index (κ3) is 2.85. The van der Waals surface area contributed by atoms with E-state index in [0.717, 1.165) is 25.1 Å². The highest BCUT2D eigenvalue weighted by Gasteiger charge is 2.30. The molecule has 1 amide bonds. The van der Waals surface area contributed by atoms with Gasteiger partial charge in [-0.05, 0) is 36.4 Å². The SMILES string of the molecule is O=C1C(Sc2cccs2)CCCN1c1ccccc1. The number of carbonyl (C=O) groups is 1. The molecule has 2 heterocycles. The summed E-state index contributed by atoms with van der Waals surface area (Å²) < 4.78 is 1.23. The van der Waals surface area contributed by atoms with Crippen molar-refractivity contribution in [1.29, 1.82) is 0 Å². The van der Waals surface area contributed by atoms with E-state index in [-0.39, 0.29) is 11.2 Å². The zero-order chi connectivity index (χ0) is 13.1. The Kier molecular flexibility index (Phi) is 3.89. The molecule has 19 heavy (non-hydrogen) atoms. The Morgan fingerprint density at radius 3 is 2.74 bits per heavy atom. The molecule has 1 aromatic heterocycles. The van der Waals surface area contributed by atoms with Crippen LogP contribution in [-0.2, 0) is 4.79 Å². The van der Waals surface area contributed by atoms with Crippen molar-refractivity contribution in [1.82, 2.24) is 0 Å². The van der Waals surface area contributed by atoms with Crippen LogP contribution in [0.25, 0.3) is 0 Å². The molecule has 0 radical (unpaired) electrons. The molecule has 0 bridgehead atoms. The van der Waals surface area contributed by atoms with Crippen molar-refractivity contribution in [3.8, 4) is 0 Å². The molecule has 1 fully saturated rings. The Labute approximate surface area is 121 Å². The van der Waals surface area contributed by atoms with Crippen molar-refractivity contribution in [3.63, 3.8) is 0 Å². The summed E-state index contributed by atoms with van der Waals surface area (Å²) >= 11 is 3.41. The van der Waals surface area contributed by atoms with E-state index in [2.05, 4.69) is 11.4 Å². The third-order valence-corrected chi connectivity index (χ3v) is 5.54. The van der Waals surface area contributed by atoms with E-state index >= 15 is 0 Å². The van der Waals surface area contributed by atoms with Gasteiger partial charge in [0.15, 0.2) is 0 Å². The monoisotopic (exact) mass is 289 g/mol. The van der Waals surface area contributed by atoms with Gasteiger partial charge < -0.3 is 4.90 Å². The highest BCUT2D eigenvalue weighted by atomic mass is 32.2. The summed E-state index contributed by atoms with van der Waals surface area (Å²) in [4.78, 5) is 14.5. The van der Waals surface area contributed by atoms with Crippen LogP contribution in [-0.4, -0.2) is 17.7 Å². The number of piperidine rings is 1. The molecule has 0 aliphatic carbocycles. The van der Waals surface area contributed by atoms with Crippen molar-refractivity contribution in [2.24, 2.45) is 0 Å². The van der Waals surface area contributed by atoms with E-state index in [1.807, 2.05) is 41.3 Å². The Hall–Kier alpha value is -1.26. The molecule has 3 rings (SSSR count). The van der Waals surface area contributed by atoms with Gasteiger partial charge in [0, 0.05) is 12.2 Å². The predicted octanol–water partition coefficient (Wildman–Crippen LogP) is 4.04. The first-order valence-electron chi connectivity index (χ1n) is 6.41. The Bertz CT molecular complexity index is 539. The lowest BCUT2D eigenvalue weighted by atomic mass is 10.1. The third-order valence-electron chi connectivity index (χ3n) is 3.21. The van der Waals surface area contributed by atoms with E-state index in [0.29, 0.717) is 0 Å². The van der Waals surface area contributed by atoms with Crippen molar-refractivity contribution < 1.29 is 4.79 Å². The number of carbonyl (C=O) groups excluding carboxylic acids is 1. The molecule has 1 aliphatic rings. The average Bonchev–Trinajstić information content (AvgIpc) is 2.95. The van der Waals surface area contributed by atoms with E-state index in [1.165, 1.54) is 4.21 Å². The van der Waals surface area contributed by atoms with Crippen LogP contribution in [0.5, 0.6) is 0 Å². The van der Waals surface area contributed by atoms with Gasteiger partial charge in [0.2, 0.25) is 5.91 Å². The molecule has 4 heteroatoms. The number of thioether (sulfide) groups is 1. The van der Waals surface area contributed by atoms with E-state index in [4.69, 9.17) is 0 Å². The molecule has 1 aromatic carbocycles. The van der Waals surface area contributed by atoms with Gasteiger partial charge in [0.25, 0.3) is 0 Å². The summed E-state index contributed by atoms with van der Waals surface area (Å²) in [5.74, 6) is 0.246. The van der Waals surface area contributed by atoms with Crippen LogP contribution >= 0.6 is 23.1 Å². The largest absolute Gasteiger partial charge is 0.311 e. The maximum Gasteiger partial charge on any atom is 0.240 e. The van der Waals surface area contributed by atoms with Gasteiger partial charge in [0.05, 0.1) is 9.46 Å². The highest BCUT2D eigenvalue weighted by molar-refractivity contribution is 8.02. The zero-order valence-electron chi connectivity index (χ0n) is 10.5. The number of anilines is 1. The van der Waals surface area contributed by atoms with Crippen LogP contribution in [0.15, 0.2) is 52.1 Å². The number of nitrogens with zero attached hydrogens (tertiary/aromatic N) is 1. The van der Waals surface area contributed by atoms with Crippen molar-refractivity contribution in [2.75, 3.05) is 11.4 Å². The van der Waals surface area contributed by atoms with Gasteiger partial charge in [-0.15, -0.1) is 23.1 Å². The smallest absolute Gasteiger partial charge is 0.240 e. The van der Waals surface area contributed by atoms with Gasteiger partial charge in [-0.3, -0.25) is 4.79 Å². The fraction of sp³-hybridized carbons (Fsp3) is 0.267. The highest BCUT2D eigenvalue weighted by Crippen LogP contribution is 2.34. The van der Waals surface area contributed by atoms with Gasteiger partial charge >= 0.3 is 0 Å². The summed E-state index contributed by atoms with van der Waals surface area (Å²) in [5, 5.41) is 2.12. The van der Waals surface area contributed by atoms with Gasteiger partial charge in [0.1, 0.15) is 0 Å². The number of hydrogen-bond donors (Lipinski definition) is 0. The molecule has 1 unspecified atom stereocenters. The molecule has 2 nitrogen and oxygen atoms in total. The molecule has 0 spiro atoms. The normalized spacial score (nSPS) is 19.7. The molecular weight excluding hydrogens is 274 g/mol.